The van der Waals surface area contributed by atoms with Crippen LogP contribution in [0.2, 0.25) is 0 Å². The molecule has 5 nitrogen and oxygen atoms in total. The normalized spacial score (nSPS) is 10.9. The number of carbonyl (C=O) groups excluding carboxylic acids is 1. The average molecular weight is 466 g/mol. The number of allylic oxidation sites excluding steroid dienone is 1. The zero-order chi connectivity index (χ0) is 22.5. The Kier molecular flexibility index (Phi) is 6.82. The molecule has 1 amide bonds. The molecular weight excluding hydrogens is 445 g/mol. The molecule has 0 saturated carbocycles. The summed E-state index contributed by atoms with van der Waals surface area (Å²) in [6.07, 6.45) is 1.63. The van der Waals surface area contributed by atoms with Crippen LogP contribution in [0, 0.1) is 5.82 Å². The van der Waals surface area contributed by atoms with E-state index in [1.165, 1.54) is 33.7 Å². The zero-order valence-corrected chi connectivity index (χ0v) is 18.7. The van der Waals surface area contributed by atoms with Crippen molar-refractivity contribution < 1.29 is 9.18 Å². The molecule has 8 heteroatoms. The minimum absolute atomic E-state index is 0.0548. The second-order valence-electron chi connectivity index (χ2n) is 6.95. The van der Waals surface area contributed by atoms with Gasteiger partial charge >= 0.3 is 0 Å². The molecule has 0 fully saturated rings. The van der Waals surface area contributed by atoms with Gasteiger partial charge in [-0.25, -0.2) is 9.37 Å². The largest absolute Gasteiger partial charge is 0.351 e. The number of nitrogens with one attached hydrogen (secondary N) is 1. The van der Waals surface area contributed by atoms with Crippen molar-refractivity contribution in [2.24, 2.45) is 0 Å². The summed E-state index contributed by atoms with van der Waals surface area (Å²) in [5.74, 6) is -0.578. The number of rotatable bonds is 8. The summed E-state index contributed by atoms with van der Waals surface area (Å²) in [5, 5.41) is 3.15. The summed E-state index contributed by atoms with van der Waals surface area (Å²) in [6.45, 7) is 4.12. The fourth-order valence-corrected chi connectivity index (χ4v) is 5.04. The number of nitrogens with zero attached hydrogens (tertiary/aromatic N) is 2. The molecule has 32 heavy (non-hydrogen) atoms. The summed E-state index contributed by atoms with van der Waals surface area (Å²) in [5.41, 5.74) is 1.89. The predicted molar refractivity (Wildman–Crippen MR) is 128 cm³/mol. The third kappa shape index (κ3) is 4.81. The Balaban J connectivity index is 1.55. The van der Waals surface area contributed by atoms with Crippen molar-refractivity contribution in [3.05, 3.63) is 95.1 Å². The minimum Gasteiger partial charge on any atom is -0.351 e. The van der Waals surface area contributed by atoms with Crippen molar-refractivity contribution in [1.29, 1.82) is 0 Å². The molecule has 2 aromatic carbocycles. The fourth-order valence-electron chi connectivity index (χ4n) is 3.15. The lowest BCUT2D eigenvalue weighted by atomic mass is 10.2. The lowest BCUT2D eigenvalue weighted by molar-refractivity contribution is -0.118. The van der Waals surface area contributed by atoms with Gasteiger partial charge in [0.15, 0.2) is 5.16 Å². The van der Waals surface area contributed by atoms with Crippen LogP contribution in [0.1, 0.15) is 5.56 Å². The SMILES string of the molecule is C=CCn1c(SCC(=O)NCc2ccccc2F)nc2cc(-c3ccccc3)sc2c1=O. The van der Waals surface area contributed by atoms with Crippen LogP contribution in [0.4, 0.5) is 4.39 Å². The van der Waals surface area contributed by atoms with E-state index in [0.29, 0.717) is 27.5 Å². The Morgan fingerprint density at radius 3 is 2.69 bits per heavy atom. The third-order valence-electron chi connectivity index (χ3n) is 4.74. The Labute approximate surface area is 192 Å². The van der Waals surface area contributed by atoms with E-state index in [2.05, 4.69) is 16.9 Å². The second-order valence-corrected chi connectivity index (χ2v) is 8.94. The van der Waals surface area contributed by atoms with Crippen molar-refractivity contribution in [2.75, 3.05) is 5.75 Å². The maximum absolute atomic E-state index is 13.7. The van der Waals surface area contributed by atoms with Gasteiger partial charge < -0.3 is 5.32 Å². The Hall–Kier alpha value is -3.23. The van der Waals surface area contributed by atoms with Crippen LogP contribution in [-0.2, 0) is 17.9 Å². The van der Waals surface area contributed by atoms with Crippen LogP contribution in [0.15, 0.2) is 83.3 Å². The summed E-state index contributed by atoms with van der Waals surface area (Å²) >= 11 is 2.57. The topological polar surface area (TPSA) is 64.0 Å². The lowest BCUT2D eigenvalue weighted by Crippen LogP contribution is -2.26. The highest BCUT2D eigenvalue weighted by Crippen LogP contribution is 2.31. The molecule has 0 saturated heterocycles. The van der Waals surface area contributed by atoms with Gasteiger partial charge in [0.05, 0.1) is 11.3 Å². The van der Waals surface area contributed by atoms with E-state index in [-0.39, 0.29) is 29.6 Å². The molecule has 0 bridgehead atoms. The number of hydrogen-bond donors (Lipinski definition) is 1. The molecule has 0 radical (unpaired) electrons. The summed E-state index contributed by atoms with van der Waals surface area (Å²) in [4.78, 5) is 31.0. The van der Waals surface area contributed by atoms with E-state index in [4.69, 9.17) is 0 Å². The average Bonchev–Trinajstić information content (AvgIpc) is 3.24. The number of fused-ring (bicyclic) bond motifs is 1. The number of benzene rings is 2. The standard InChI is InChI=1S/C24H20FN3O2S2/c1-2-12-28-23(30)22-19(13-20(32-22)16-8-4-3-5-9-16)27-24(28)31-15-21(29)26-14-17-10-6-7-11-18(17)25/h2-11,13H,1,12,14-15H2,(H,26,29). The van der Waals surface area contributed by atoms with Gasteiger partial charge in [-0.15, -0.1) is 17.9 Å². The highest BCUT2D eigenvalue weighted by Gasteiger charge is 2.16. The van der Waals surface area contributed by atoms with Crippen molar-refractivity contribution in [2.45, 2.75) is 18.2 Å². The van der Waals surface area contributed by atoms with Gasteiger partial charge in [0, 0.05) is 23.5 Å². The number of carbonyl (C=O) groups is 1. The molecule has 2 aromatic heterocycles. The van der Waals surface area contributed by atoms with E-state index in [1.54, 1.807) is 24.3 Å². The molecule has 0 aliphatic heterocycles. The number of aromatic nitrogens is 2. The lowest BCUT2D eigenvalue weighted by Gasteiger charge is -2.10. The van der Waals surface area contributed by atoms with Crippen LogP contribution in [0.3, 0.4) is 0 Å². The van der Waals surface area contributed by atoms with E-state index >= 15 is 0 Å². The number of thioether (sulfide) groups is 1. The highest BCUT2D eigenvalue weighted by molar-refractivity contribution is 7.99. The maximum atomic E-state index is 13.7. The van der Waals surface area contributed by atoms with Crippen molar-refractivity contribution >= 4 is 39.2 Å². The molecule has 0 unspecified atom stereocenters. The quantitative estimate of drug-likeness (QED) is 0.229. The van der Waals surface area contributed by atoms with E-state index in [0.717, 1.165) is 10.4 Å². The highest BCUT2D eigenvalue weighted by atomic mass is 32.2. The van der Waals surface area contributed by atoms with Crippen LogP contribution < -0.4 is 10.9 Å². The van der Waals surface area contributed by atoms with Crippen molar-refractivity contribution in [3.8, 4) is 10.4 Å². The number of thiophene rings is 1. The summed E-state index contributed by atoms with van der Waals surface area (Å²) in [7, 11) is 0. The van der Waals surface area contributed by atoms with Gasteiger partial charge in [0.25, 0.3) is 5.56 Å². The molecule has 1 N–H and O–H groups in total. The van der Waals surface area contributed by atoms with Crippen LogP contribution in [0.25, 0.3) is 20.7 Å². The van der Waals surface area contributed by atoms with Gasteiger partial charge in [-0.2, -0.15) is 0 Å². The number of amides is 1. The summed E-state index contributed by atoms with van der Waals surface area (Å²) < 4.78 is 15.8. The molecular formula is C24H20FN3O2S2. The molecule has 0 atom stereocenters. The van der Waals surface area contributed by atoms with Crippen LogP contribution >= 0.6 is 23.1 Å². The van der Waals surface area contributed by atoms with Gasteiger partial charge in [0.2, 0.25) is 5.91 Å². The number of halogens is 1. The maximum Gasteiger partial charge on any atom is 0.272 e. The van der Waals surface area contributed by atoms with Crippen LogP contribution in [-0.4, -0.2) is 21.2 Å². The first kappa shape index (κ1) is 22.0. The summed E-state index contributed by atoms with van der Waals surface area (Å²) in [6, 6.07) is 18.0. The Bertz CT molecular complexity index is 1330. The first-order chi connectivity index (χ1) is 15.6. The predicted octanol–water partition coefficient (Wildman–Crippen LogP) is 4.86. The molecule has 0 aliphatic carbocycles. The molecule has 0 aliphatic rings. The third-order valence-corrected chi connectivity index (χ3v) is 6.87. The molecule has 0 spiro atoms. The molecule has 4 rings (SSSR count). The molecule has 162 valence electrons. The minimum atomic E-state index is -0.362. The molecule has 2 heterocycles. The van der Waals surface area contributed by atoms with E-state index in [9.17, 15) is 14.0 Å². The number of hydrogen-bond acceptors (Lipinski definition) is 5. The monoisotopic (exact) mass is 465 g/mol. The Morgan fingerprint density at radius 1 is 1.19 bits per heavy atom. The fraction of sp³-hybridized carbons (Fsp3) is 0.125. The van der Waals surface area contributed by atoms with Crippen molar-refractivity contribution in [1.82, 2.24) is 14.9 Å². The first-order valence-corrected chi connectivity index (χ1v) is 11.7. The molecule has 4 aromatic rings. The van der Waals surface area contributed by atoms with Gasteiger partial charge in [-0.3, -0.25) is 14.2 Å². The smallest absolute Gasteiger partial charge is 0.272 e. The van der Waals surface area contributed by atoms with Gasteiger partial charge in [-0.05, 0) is 17.7 Å². The Morgan fingerprint density at radius 2 is 1.94 bits per heavy atom. The van der Waals surface area contributed by atoms with Crippen LogP contribution in [0.5, 0.6) is 0 Å². The first-order valence-electron chi connectivity index (χ1n) is 9.90. The van der Waals surface area contributed by atoms with Gasteiger partial charge in [0.1, 0.15) is 10.5 Å². The van der Waals surface area contributed by atoms with E-state index in [1.807, 2.05) is 36.4 Å². The van der Waals surface area contributed by atoms with Gasteiger partial charge in [-0.1, -0.05) is 66.4 Å². The second kappa shape index (κ2) is 9.93. The zero-order valence-electron chi connectivity index (χ0n) is 17.1. The van der Waals surface area contributed by atoms with Crippen molar-refractivity contribution in [3.63, 3.8) is 0 Å². The van der Waals surface area contributed by atoms with E-state index < -0.39 is 0 Å².